The Balaban J connectivity index is 1.96. The van der Waals surface area contributed by atoms with Crippen LogP contribution in [0.15, 0.2) is 36.8 Å². The van der Waals surface area contributed by atoms with Crippen LogP contribution in [0.2, 0.25) is 0 Å². The number of aromatic nitrogens is 3. The molecule has 0 unspecified atom stereocenters. The minimum Gasteiger partial charge on any atom is -0.484 e. The molecule has 0 atom stereocenters. The van der Waals surface area contributed by atoms with E-state index in [0.29, 0.717) is 11.6 Å². The average Bonchev–Trinajstić information content (AvgIpc) is 2.30. The molecule has 15 heavy (non-hydrogen) atoms. The van der Waals surface area contributed by atoms with Crippen molar-refractivity contribution in [1.29, 1.82) is 0 Å². The zero-order valence-corrected chi connectivity index (χ0v) is 7.80. The monoisotopic (exact) mass is 205 g/mol. The fourth-order valence-electron chi connectivity index (χ4n) is 1.00. The van der Waals surface area contributed by atoms with Gasteiger partial charge in [0.1, 0.15) is 12.4 Å². The van der Waals surface area contributed by atoms with Gasteiger partial charge in [-0.3, -0.25) is 0 Å². The molecule has 0 aliphatic rings. The second kappa shape index (κ2) is 4.45. The van der Waals surface area contributed by atoms with Crippen LogP contribution in [0.3, 0.4) is 0 Å². The first-order chi connectivity index (χ1) is 7.34. The molecule has 2 heterocycles. The summed E-state index contributed by atoms with van der Waals surface area (Å²) in [6.45, 7) is 0.244. The lowest BCUT2D eigenvalue weighted by atomic mass is 10.4. The summed E-state index contributed by atoms with van der Waals surface area (Å²) in [5, 5.41) is 0. The fraction of sp³-hybridized carbons (Fsp3) is 0.100. The highest BCUT2D eigenvalue weighted by Crippen LogP contribution is 2.09. The number of hydrogen-bond acceptors (Lipinski definition) is 4. The van der Waals surface area contributed by atoms with Gasteiger partial charge in [0.25, 0.3) is 0 Å². The van der Waals surface area contributed by atoms with E-state index in [-0.39, 0.29) is 6.61 Å². The minimum atomic E-state index is -0.529. The molecule has 2 rings (SSSR count). The SMILES string of the molecule is Fc1ccc(OCc2ncccn2)cn1. The first-order valence-corrected chi connectivity index (χ1v) is 4.35. The van der Waals surface area contributed by atoms with Gasteiger partial charge in [0.15, 0.2) is 5.82 Å². The highest BCUT2D eigenvalue weighted by atomic mass is 19.1. The molecule has 2 aromatic rings. The van der Waals surface area contributed by atoms with Gasteiger partial charge in [0.05, 0.1) is 6.20 Å². The van der Waals surface area contributed by atoms with E-state index < -0.39 is 5.95 Å². The Bertz CT molecular complexity index is 418. The van der Waals surface area contributed by atoms with E-state index in [1.54, 1.807) is 18.5 Å². The van der Waals surface area contributed by atoms with E-state index in [1.165, 1.54) is 18.3 Å². The molecule has 0 amide bonds. The van der Waals surface area contributed by atoms with Gasteiger partial charge in [-0.15, -0.1) is 0 Å². The number of nitrogens with zero attached hydrogens (tertiary/aromatic N) is 3. The molecule has 0 aromatic carbocycles. The number of rotatable bonds is 3. The lowest BCUT2D eigenvalue weighted by molar-refractivity contribution is 0.293. The summed E-state index contributed by atoms with van der Waals surface area (Å²) in [4.78, 5) is 11.4. The number of halogens is 1. The molecule has 0 bridgehead atoms. The molecule has 0 aliphatic carbocycles. The predicted molar refractivity (Wildman–Crippen MR) is 50.6 cm³/mol. The molecule has 76 valence electrons. The average molecular weight is 205 g/mol. The van der Waals surface area contributed by atoms with Gasteiger partial charge in [-0.05, 0) is 18.2 Å². The largest absolute Gasteiger partial charge is 0.484 e. The maximum Gasteiger partial charge on any atom is 0.213 e. The third-order valence-electron chi connectivity index (χ3n) is 1.69. The third kappa shape index (κ3) is 2.70. The highest BCUT2D eigenvalue weighted by Gasteiger charge is 1.98. The molecule has 0 radical (unpaired) electrons. The van der Waals surface area contributed by atoms with Gasteiger partial charge >= 0.3 is 0 Å². The lowest BCUT2D eigenvalue weighted by Crippen LogP contribution is -2.00. The number of pyridine rings is 1. The summed E-state index contributed by atoms with van der Waals surface area (Å²) in [5.74, 6) is 0.531. The van der Waals surface area contributed by atoms with E-state index in [9.17, 15) is 4.39 Å². The maximum atomic E-state index is 12.5. The highest BCUT2D eigenvalue weighted by molar-refractivity contribution is 5.16. The van der Waals surface area contributed by atoms with Crippen molar-refractivity contribution in [2.24, 2.45) is 0 Å². The van der Waals surface area contributed by atoms with Crippen LogP contribution in [0.5, 0.6) is 5.75 Å². The normalized spacial score (nSPS) is 9.93. The molecule has 2 aromatic heterocycles. The fourth-order valence-corrected chi connectivity index (χ4v) is 1.00. The quantitative estimate of drug-likeness (QED) is 0.714. The Hall–Kier alpha value is -2.04. The molecule has 0 spiro atoms. The first kappa shape index (κ1) is 9.51. The van der Waals surface area contributed by atoms with Crippen molar-refractivity contribution in [2.75, 3.05) is 0 Å². The van der Waals surface area contributed by atoms with Crippen molar-refractivity contribution in [1.82, 2.24) is 15.0 Å². The van der Waals surface area contributed by atoms with E-state index in [2.05, 4.69) is 15.0 Å². The summed E-state index contributed by atoms with van der Waals surface area (Å²) in [6, 6.07) is 4.47. The first-order valence-electron chi connectivity index (χ1n) is 4.35. The van der Waals surface area contributed by atoms with E-state index >= 15 is 0 Å². The minimum absolute atomic E-state index is 0.244. The molecule has 5 heteroatoms. The van der Waals surface area contributed by atoms with E-state index in [4.69, 9.17) is 4.74 Å². The van der Waals surface area contributed by atoms with Crippen molar-refractivity contribution in [2.45, 2.75) is 6.61 Å². The van der Waals surface area contributed by atoms with Crippen molar-refractivity contribution < 1.29 is 9.13 Å². The van der Waals surface area contributed by atoms with Crippen molar-refractivity contribution >= 4 is 0 Å². The van der Waals surface area contributed by atoms with Gasteiger partial charge in [-0.2, -0.15) is 4.39 Å². The zero-order valence-electron chi connectivity index (χ0n) is 7.80. The Morgan fingerprint density at radius 1 is 1.13 bits per heavy atom. The second-order valence-electron chi connectivity index (χ2n) is 2.77. The standard InChI is InChI=1S/C10H8FN3O/c11-9-3-2-8(6-14-9)15-7-10-12-4-1-5-13-10/h1-6H,7H2. The Kier molecular flexibility index (Phi) is 2.82. The van der Waals surface area contributed by atoms with Crippen LogP contribution in [0.25, 0.3) is 0 Å². The lowest BCUT2D eigenvalue weighted by Gasteiger charge is -2.03. The summed E-state index contributed by atoms with van der Waals surface area (Å²) in [6.07, 6.45) is 4.58. The smallest absolute Gasteiger partial charge is 0.213 e. The van der Waals surface area contributed by atoms with Gasteiger partial charge < -0.3 is 4.74 Å². The molecule has 0 saturated heterocycles. The van der Waals surface area contributed by atoms with E-state index in [1.807, 2.05) is 0 Å². The molecule has 0 fully saturated rings. The van der Waals surface area contributed by atoms with Crippen LogP contribution < -0.4 is 4.74 Å². The topological polar surface area (TPSA) is 47.9 Å². The van der Waals surface area contributed by atoms with Crippen LogP contribution in [-0.4, -0.2) is 15.0 Å². The molecule has 0 N–H and O–H groups in total. The summed E-state index contributed by atoms with van der Waals surface area (Å²) >= 11 is 0. The van der Waals surface area contributed by atoms with Crippen LogP contribution in [0, 0.1) is 5.95 Å². The van der Waals surface area contributed by atoms with Gasteiger partial charge in [0, 0.05) is 12.4 Å². The summed E-state index contributed by atoms with van der Waals surface area (Å²) < 4.78 is 17.8. The van der Waals surface area contributed by atoms with Crippen LogP contribution in [0.1, 0.15) is 5.82 Å². The predicted octanol–water partition coefficient (Wildman–Crippen LogP) is 1.59. The van der Waals surface area contributed by atoms with Crippen LogP contribution >= 0.6 is 0 Å². The van der Waals surface area contributed by atoms with Crippen LogP contribution in [-0.2, 0) is 6.61 Å². The molecule has 0 saturated carbocycles. The molecule has 0 aliphatic heterocycles. The third-order valence-corrected chi connectivity index (χ3v) is 1.69. The Morgan fingerprint density at radius 2 is 1.93 bits per heavy atom. The second-order valence-corrected chi connectivity index (χ2v) is 2.77. The van der Waals surface area contributed by atoms with E-state index in [0.717, 1.165) is 0 Å². The number of hydrogen-bond donors (Lipinski definition) is 0. The molecular weight excluding hydrogens is 197 g/mol. The molecular formula is C10H8FN3O. The summed E-state index contributed by atoms with van der Waals surface area (Å²) in [7, 11) is 0. The number of ether oxygens (including phenoxy) is 1. The van der Waals surface area contributed by atoms with Crippen LogP contribution in [0.4, 0.5) is 4.39 Å². The molecule has 4 nitrogen and oxygen atoms in total. The van der Waals surface area contributed by atoms with Crippen molar-refractivity contribution in [3.63, 3.8) is 0 Å². The maximum absolute atomic E-state index is 12.5. The van der Waals surface area contributed by atoms with Gasteiger partial charge in [-0.1, -0.05) is 0 Å². The Labute approximate surface area is 85.8 Å². The Morgan fingerprint density at radius 3 is 2.60 bits per heavy atom. The van der Waals surface area contributed by atoms with Gasteiger partial charge in [0.2, 0.25) is 5.95 Å². The zero-order chi connectivity index (χ0) is 10.5. The van der Waals surface area contributed by atoms with Crippen molar-refractivity contribution in [3.05, 3.63) is 48.6 Å². The van der Waals surface area contributed by atoms with Crippen molar-refractivity contribution in [3.8, 4) is 5.75 Å². The van der Waals surface area contributed by atoms with Gasteiger partial charge in [-0.25, -0.2) is 15.0 Å². The summed E-state index contributed by atoms with van der Waals surface area (Å²) in [5.41, 5.74) is 0.